The first-order valence-corrected chi connectivity index (χ1v) is 7.76. The summed E-state index contributed by atoms with van der Waals surface area (Å²) in [6.07, 6.45) is 11.1. The molecule has 2 aliphatic rings. The topological polar surface area (TPSA) is 33.1 Å². The summed E-state index contributed by atoms with van der Waals surface area (Å²) in [7, 11) is 2.13. The van der Waals surface area contributed by atoms with Crippen LogP contribution in [0.4, 0.5) is 0 Å². The van der Waals surface area contributed by atoms with Gasteiger partial charge in [-0.1, -0.05) is 19.3 Å². The number of nitrogens with one attached hydrogen (secondary N) is 1. The Morgan fingerprint density at radius 3 is 2.95 bits per heavy atom. The van der Waals surface area contributed by atoms with E-state index < -0.39 is 0 Å². The Bertz CT molecular complexity index is 395. The van der Waals surface area contributed by atoms with E-state index in [-0.39, 0.29) is 0 Å². The largest absolute Gasteiger partial charge is 0.333 e. The predicted molar refractivity (Wildman–Crippen MR) is 76.9 cm³/mol. The first-order chi connectivity index (χ1) is 9.36. The summed E-state index contributed by atoms with van der Waals surface area (Å²) in [6.45, 7) is 4.44. The minimum atomic E-state index is 0.654. The molecule has 4 nitrogen and oxygen atoms in total. The van der Waals surface area contributed by atoms with Crippen LogP contribution in [0, 0.1) is 5.92 Å². The van der Waals surface area contributed by atoms with E-state index in [0.29, 0.717) is 6.04 Å². The zero-order valence-corrected chi connectivity index (χ0v) is 12.0. The number of hydrogen-bond acceptors (Lipinski definition) is 3. The maximum Gasteiger partial charge on any atom is 0.122 e. The van der Waals surface area contributed by atoms with Crippen molar-refractivity contribution in [3.05, 3.63) is 18.2 Å². The lowest BCUT2D eigenvalue weighted by Gasteiger charge is -2.36. The molecule has 2 heterocycles. The van der Waals surface area contributed by atoms with E-state index in [2.05, 4.69) is 33.0 Å². The number of fused-ring (bicyclic) bond motifs is 1. The summed E-state index contributed by atoms with van der Waals surface area (Å²) in [5, 5.41) is 3.57. The predicted octanol–water partition coefficient (Wildman–Crippen LogP) is 1.87. The average Bonchev–Trinajstić information content (AvgIpc) is 2.93. The van der Waals surface area contributed by atoms with Gasteiger partial charge in [-0.15, -0.1) is 0 Å². The number of hydrogen-bond donors (Lipinski definition) is 1. The second kappa shape index (κ2) is 6.06. The quantitative estimate of drug-likeness (QED) is 0.899. The Labute approximate surface area is 116 Å². The van der Waals surface area contributed by atoms with E-state index in [4.69, 9.17) is 0 Å². The van der Waals surface area contributed by atoms with Crippen molar-refractivity contribution in [3.63, 3.8) is 0 Å². The van der Waals surface area contributed by atoms with Crippen molar-refractivity contribution in [2.75, 3.05) is 20.1 Å². The van der Waals surface area contributed by atoms with Gasteiger partial charge in [0, 0.05) is 38.1 Å². The summed E-state index contributed by atoms with van der Waals surface area (Å²) in [6, 6.07) is 0.654. The molecule has 1 aromatic heterocycles. The molecule has 0 spiro atoms. The van der Waals surface area contributed by atoms with Crippen molar-refractivity contribution >= 4 is 0 Å². The molecule has 1 atom stereocenters. The molecule has 1 unspecified atom stereocenters. The highest BCUT2D eigenvalue weighted by molar-refractivity contribution is 4.96. The summed E-state index contributed by atoms with van der Waals surface area (Å²) in [5.74, 6) is 2.10. The first kappa shape index (κ1) is 13.1. The van der Waals surface area contributed by atoms with Crippen molar-refractivity contribution in [3.8, 4) is 0 Å². The molecule has 1 aromatic rings. The van der Waals surface area contributed by atoms with E-state index in [1.807, 2.05) is 6.20 Å². The van der Waals surface area contributed by atoms with Crippen LogP contribution in [0.15, 0.2) is 12.4 Å². The van der Waals surface area contributed by atoms with Gasteiger partial charge in [0.1, 0.15) is 5.82 Å². The van der Waals surface area contributed by atoms with E-state index in [0.717, 1.165) is 25.6 Å². The summed E-state index contributed by atoms with van der Waals surface area (Å²) in [5.41, 5.74) is 0. The Morgan fingerprint density at radius 1 is 1.32 bits per heavy atom. The van der Waals surface area contributed by atoms with Gasteiger partial charge in [0.2, 0.25) is 0 Å². The molecule has 106 valence electrons. The Balaban J connectivity index is 1.57. The first-order valence-electron chi connectivity index (χ1n) is 7.76. The SMILES string of the molecule is CNC(CN1CCn2ccnc2C1)C1CCCCC1. The Hall–Kier alpha value is -0.870. The smallest absolute Gasteiger partial charge is 0.122 e. The highest BCUT2D eigenvalue weighted by Crippen LogP contribution is 2.27. The molecule has 19 heavy (non-hydrogen) atoms. The Kier molecular flexibility index (Phi) is 4.18. The fourth-order valence-electron chi connectivity index (χ4n) is 3.67. The molecule has 1 saturated carbocycles. The van der Waals surface area contributed by atoms with E-state index in [1.54, 1.807) is 0 Å². The fourth-order valence-corrected chi connectivity index (χ4v) is 3.67. The fraction of sp³-hybridized carbons (Fsp3) is 0.800. The molecular formula is C15H26N4. The molecule has 4 heteroatoms. The zero-order valence-electron chi connectivity index (χ0n) is 12.0. The second-order valence-electron chi connectivity index (χ2n) is 6.07. The summed E-state index contributed by atoms with van der Waals surface area (Å²) < 4.78 is 2.28. The van der Waals surface area contributed by atoms with E-state index in [1.165, 1.54) is 44.5 Å². The molecule has 1 aliphatic heterocycles. The van der Waals surface area contributed by atoms with Crippen LogP contribution in [-0.2, 0) is 13.1 Å². The van der Waals surface area contributed by atoms with Crippen LogP contribution in [0.1, 0.15) is 37.9 Å². The minimum absolute atomic E-state index is 0.654. The monoisotopic (exact) mass is 262 g/mol. The van der Waals surface area contributed by atoms with Gasteiger partial charge in [0.25, 0.3) is 0 Å². The van der Waals surface area contributed by atoms with Crippen LogP contribution in [-0.4, -0.2) is 40.6 Å². The normalized spacial score (nSPS) is 23.2. The molecular weight excluding hydrogens is 236 g/mol. The van der Waals surface area contributed by atoms with Gasteiger partial charge in [0.05, 0.1) is 6.54 Å². The van der Waals surface area contributed by atoms with Crippen LogP contribution in [0.25, 0.3) is 0 Å². The van der Waals surface area contributed by atoms with Crippen LogP contribution >= 0.6 is 0 Å². The third-order valence-corrected chi connectivity index (χ3v) is 4.87. The van der Waals surface area contributed by atoms with E-state index in [9.17, 15) is 0 Å². The number of likely N-dealkylation sites (N-methyl/N-ethyl adjacent to an activating group) is 1. The second-order valence-corrected chi connectivity index (χ2v) is 6.07. The van der Waals surface area contributed by atoms with Crippen molar-refractivity contribution in [1.82, 2.24) is 19.8 Å². The number of imidazole rings is 1. The molecule has 0 aromatic carbocycles. The van der Waals surface area contributed by atoms with Gasteiger partial charge in [-0.05, 0) is 25.8 Å². The minimum Gasteiger partial charge on any atom is -0.333 e. The third kappa shape index (κ3) is 3.00. The zero-order chi connectivity index (χ0) is 13.1. The third-order valence-electron chi connectivity index (χ3n) is 4.87. The average molecular weight is 262 g/mol. The molecule has 1 fully saturated rings. The van der Waals surface area contributed by atoms with Crippen LogP contribution in [0.3, 0.4) is 0 Å². The van der Waals surface area contributed by atoms with Crippen LogP contribution in [0.2, 0.25) is 0 Å². The van der Waals surface area contributed by atoms with Gasteiger partial charge >= 0.3 is 0 Å². The Morgan fingerprint density at radius 2 is 2.16 bits per heavy atom. The number of nitrogens with zero attached hydrogens (tertiary/aromatic N) is 3. The molecule has 0 radical (unpaired) electrons. The van der Waals surface area contributed by atoms with Gasteiger partial charge in [0.15, 0.2) is 0 Å². The molecule has 0 amide bonds. The summed E-state index contributed by atoms with van der Waals surface area (Å²) in [4.78, 5) is 7.02. The lowest BCUT2D eigenvalue weighted by molar-refractivity contribution is 0.159. The standard InChI is InChI=1S/C15H26N4/c1-16-14(13-5-3-2-4-6-13)11-18-9-10-19-8-7-17-15(19)12-18/h7-8,13-14,16H,2-6,9-12H2,1H3. The van der Waals surface area contributed by atoms with Gasteiger partial charge in [-0.25, -0.2) is 4.98 Å². The highest BCUT2D eigenvalue weighted by atomic mass is 15.2. The molecule has 0 saturated heterocycles. The maximum absolute atomic E-state index is 4.45. The van der Waals surface area contributed by atoms with Crippen molar-refractivity contribution in [2.45, 2.75) is 51.2 Å². The molecule has 1 N–H and O–H groups in total. The van der Waals surface area contributed by atoms with E-state index >= 15 is 0 Å². The van der Waals surface area contributed by atoms with Crippen molar-refractivity contribution < 1.29 is 0 Å². The maximum atomic E-state index is 4.45. The number of aromatic nitrogens is 2. The molecule has 3 rings (SSSR count). The number of rotatable bonds is 4. The van der Waals surface area contributed by atoms with Gasteiger partial charge in [-0.3, -0.25) is 4.90 Å². The van der Waals surface area contributed by atoms with Crippen LogP contribution in [0.5, 0.6) is 0 Å². The lowest BCUT2D eigenvalue weighted by atomic mass is 9.83. The molecule has 1 aliphatic carbocycles. The highest BCUT2D eigenvalue weighted by Gasteiger charge is 2.26. The summed E-state index contributed by atoms with van der Waals surface area (Å²) >= 11 is 0. The van der Waals surface area contributed by atoms with Crippen molar-refractivity contribution in [1.29, 1.82) is 0 Å². The van der Waals surface area contributed by atoms with Gasteiger partial charge in [-0.2, -0.15) is 0 Å². The van der Waals surface area contributed by atoms with Gasteiger partial charge < -0.3 is 9.88 Å². The van der Waals surface area contributed by atoms with Crippen molar-refractivity contribution in [2.24, 2.45) is 5.92 Å². The lowest BCUT2D eigenvalue weighted by Crippen LogP contribution is -2.46. The van der Waals surface area contributed by atoms with Crippen LogP contribution < -0.4 is 5.32 Å². The molecule has 0 bridgehead atoms.